The maximum atomic E-state index is 13.5. The van der Waals surface area contributed by atoms with Crippen molar-refractivity contribution in [2.24, 2.45) is 0 Å². The number of carbonyl (C=O) groups excluding carboxylic acids is 2. The predicted octanol–water partition coefficient (Wildman–Crippen LogP) is 2.34. The molecule has 2 amide bonds. The highest BCUT2D eigenvalue weighted by Gasteiger charge is 2.43. The van der Waals surface area contributed by atoms with Crippen LogP contribution >= 0.6 is 0 Å². The van der Waals surface area contributed by atoms with E-state index in [9.17, 15) is 19.1 Å². The first-order chi connectivity index (χ1) is 14.9. The third kappa shape index (κ3) is 3.98. The molecule has 31 heavy (non-hydrogen) atoms. The second-order valence-electron chi connectivity index (χ2n) is 8.00. The van der Waals surface area contributed by atoms with Crippen LogP contribution < -0.4 is 4.90 Å². The van der Waals surface area contributed by atoms with E-state index in [4.69, 9.17) is 0 Å². The molecule has 0 saturated carbocycles. The van der Waals surface area contributed by atoms with Gasteiger partial charge in [-0.2, -0.15) is 0 Å². The molecular weight excluding hydrogens is 397 g/mol. The molecule has 1 fully saturated rings. The average molecular weight is 423 g/mol. The van der Waals surface area contributed by atoms with Gasteiger partial charge in [0.25, 0.3) is 11.8 Å². The molecule has 2 aromatic rings. The van der Waals surface area contributed by atoms with E-state index < -0.39 is 11.7 Å². The predicted molar refractivity (Wildman–Crippen MR) is 117 cm³/mol. The van der Waals surface area contributed by atoms with E-state index in [1.807, 2.05) is 36.9 Å². The molecule has 0 spiro atoms. The lowest BCUT2D eigenvalue weighted by Crippen LogP contribution is -2.48. The molecule has 2 aliphatic rings. The number of hydrogen-bond acceptors (Lipinski definition) is 5. The molecule has 0 aromatic heterocycles. The average Bonchev–Trinajstić information content (AvgIpc) is 3.02. The molecule has 0 atom stereocenters. The Labute approximate surface area is 181 Å². The SMILES string of the molecule is Cc1ccc(C2=C(N3CCN(CCO)CC3)C(=O)N(c3ccc(F)cc3)C2=O)cc1C. The van der Waals surface area contributed by atoms with Crippen LogP contribution in [0, 0.1) is 19.7 Å². The summed E-state index contributed by atoms with van der Waals surface area (Å²) < 4.78 is 13.4. The highest BCUT2D eigenvalue weighted by Crippen LogP contribution is 2.35. The number of amides is 2. The van der Waals surface area contributed by atoms with Gasteiger partial charge in [-0.05, 0) is 54.8 Å². The summed E-state index contributed by atoms with van der Waals surface area (Å²) in [6.07, 6.45) is 0. The van der Waals surface area contributed by atoms with Crippen molar-refractivity contribution < 1.29 is 19.1 Å². The molecule has 162 valence electrons. The number of carbonyl (C=O) groups is 2. The maximum Gasteiger partial charge on any atom is 0.282 e. The maximum absolute atomic E-state index is 13.5. The fraction of sp³-hybridized carbons (Fsp3) is 0.333. The first kappa shape index (κ1) is 21.2. The van der Waals surface area contributed by atoms with Crippen LogP contribution in [0.2, 0.25) is 0 Å². The quantitative estimate of drug-likeness (QED) is 0.748. The topological polar surface area (TPSA) is 64.1 Å². The smallest absolute Gasteiger partial charge is 0.282 e. The number of piperazine rings is 1. The van der Waals surface area contributed by atoms with Gasteiger partial charge in [0.2, 0.25) is 0 Å². The number of anilines is 1. The zero-order chi connectivity index (χ0) is 22.1. The van der Waals surface area contributed by atoms with Crippen molar-refractivity contribution in [1.82, 2.24) is 9.80 Å². The number of aryl methyl sites for hydroxylation is 2. The summed E-state index contributed by atoms with van der Waals surface area (Å²) in [5.74, 6) is -1.21. The lowest BCUT2D eigenvalue weighted by atomic mass is 9.99. The van der Waals surface area contributed by atoms with Crippen molar-refractivity contribution in [3.63, 3.8) is 0 Å². The molecule has 6 nitrogen and oxygen atoms in total. The number of aliphatic hydroxyl groups excluding tert-OH is 1. The third-order valence-electron chi connectivity index (χ3n) is 6.04. The lowest BCUT2D eigenvalue weighted by molar-refractivity contribution is -0.120. The molecule has 2 aliphatic heterocycles. The summed E-state index contributed by atoms with van der Waals surface area (Å²) in [6.45, 7) is 7.22. The van der Waals surface area contributed by atoms with Gasteiger partial charge in [0.05, 0.1) is 17.9 Å². The van der Waals surface area contributed by atoms with E-state index >= 15 is 0 Å². The van der Waals surface area contributed by atoms with E-state index in [-0.39, 0.29) is 12.5 Å². The van der Waals surface area contributed by atoms with Crippen molar-refractivity contribution in [2.75, 3.05) is 44.2 Å². The van der Waals surface area contributed by atoms with Gasteiger partial charge in [-0.15, -0.1) is 0 Å². The summed E-state index contributed by atoms with van der Waals surface area (Å²) in [5, 5.41) is 9.20. The summed E-state index contributed by atoms with van der Waals surface area (Å²) in [4.78, 5) is 32.2. The highest BCUT2D eigenvalue weighted by atomic mass is 19.1. The summed E-state index contributed by atoms with van der Waals surface area (Å²) >= 11 is 0. The van der Waals surface area contributed by atoms with Crippen LogP contribution in [-0.4, -0.2) is 66.1 Å². The van der Waals surface area contributed by atoms with E-state index in [0.717, 1.165) is 16.0 Å². The monoisotopic (exact) mass is 423 g/mol. The standard InChI is InChI=1S/C24H26FN3O3/c1-16-3-4-18(15-17(16)2)21-22(27-11-9-26(10-12-27)13-14-29)24(31)28(23(21)30)20-7-5-19(25)6-8-20/h3-8,15,29H,9-14H2,1-2H3. The first-order valence-corrected chi connectivity index (χ1v) is 10.4. The van der Waals surface area contributed by atoms with Gasteiger partial charge >= 0.3 is 0 Å². The molecule has 0 bridgehead atoms. The van der Waals surface area contributed by atoms with Crippen molar-refractivity contribution in [3.8, 4) is 0 Å². The number of halogens is 1. The van der Waals surface area contributed by atoms with Gasteiger partial charge in [0.1, 0.15) is 11.5 Å². The van der Waals surface area contributed by atoms with E-state index in [1.54, 1.807) is 0 Å². The van der Waals surface area contributed by atoms with Crippen LogP contribution in [-0.2, 0) is 9.59 Å². The molecule has 2 heterocycles. The molecular formula is C24H26FN3O3. The Morgan fingerprint density at radius 2 is 1.58 bits per heavy atom. The number of imide groups is 1. The summed E-state index contributed by atoms with van der Waals surface area (Å²) in [7, 11) is 0. The molecule has 7 heteroatoms. The Balaban J connectivity index is 1.76. The largest absolute Gasteiger partial charge is 0.395 e. The Hall–Kier alpha value is -3.03. The Kier molecular flexibility index (Phi) is 5.89. The number of nitrogens with zero attached hydrogens (tertiary/aromatic N) is 3. The van der Waals surface area contributed by atoms with E-state index in [2.05, 4.69) is 4.90 Å². The fourth-order valence-corrected chi connectivity index (χ4v) is 4.13. The second-order valence-corrected chi connectivity index (χ2v) is 8.00. The van der Waals surface area contributed by atoms with Crippen LogP contribution in [0.25, 0.3) is 5.57 Å². The van der Waals surface area contributed by atoms with Crippen LogP contribution in [0.5, 0.6) is 0 Å². The van der Waals surface area contributed by atoms with Gasteiger partial charge < -0.3 is 10.0 Å². The second kappa shape index (κ2) is 8.61. The minimum atomic E-state index is -0.426. The summed E-state index contributed by atoms with van der Waals surface area (Å²) in [6, 6.07) is 11.2. The van der Waals surface area contributed by atoms with Crippen LogP contribution in [0.1, 0.15) is 16.7 Å². The van der Waals surface area contributed by atoms with Crippen molar-refractivity contribution in [1.29, 1.82) is 0 Å². The molecule has 1 N–H and O–H groups in total. The van der Waals surface area contributed by atoms with Crippen molar-refractivity contribution in [2.45, 2.75) is 13.8 Å². The van der Waals surface area contributed by atoms with E-state index in [0.29, 0.717) is 55.2 Å². The minimum Gasteiger partial charge on any atom is -0.395 e. The number of β-amino-alcohol motifs (C(OH)–C–C–N with tert-alkyl or cyclic N) is 1. The fourth-order valence-electron chi connectivity index (χ4n) is 4.13. The van der Waals surface area contributed by atoms with Gasteiger partial charge in [-0.1, -0.05) is 18.2 Å². The lowest BCUT2D eigenvalue weighted by Gasteiger charge is -2.36. The van der Waals surface area contributed by atoms with Gasteiger partial charge in [0, 0.05) is 32.7 Å². The zero-order valence-corrected chi connectivity index (χ0v) is 17.8. The molecule has 4 rings (SSSR count). The Morgan fingerprint density at radius 1 is 0.903 bits per heavy atom. The van der Waals surface area contributed by atoms with Gasteiger partial charge in [-0.25, -0.2) is 9.29 Å². The summed E-state index contributed by atoms with van der Waals surface area (Å²) in [5.41, 5.74) is 3.98. The molecule has 2 aromatic carbocycles. The number of benzene rings is 2. The highest BCUT2D eigenvalue weighted by molar-refractivity contribution is 6.45. The van der Waals surface area contributed by atoms with Crippen molar-refractivity contribution in [3.05, 3.63) is 70.7 Å². The molecule has 0 radical (unpaired) electrons. The first-order valence-electron chi connectivity index (χ1n) is 10.4. The number of rotatable bonds is 5. The molecule has 1 saturated heterocycles. The molecule has 0 unspecified atom stereocenters. The number of aliphatic hydroxyl groups is 1. The third-order valence-corrected chi connectivity index (χ3v) is 6.04. The van der Waals surface area contributed by atoms with Crippen LogP contribution in [0.15, 0.2) is 48.2 Å². The zero-order valence-electron chi connectivity index (χ0n) is 17.8. The van der Waals surface area contributed by atoms with E-state index in [1.165, 1.54) is 24.3 Å². The molecule has 0 aliphatic carbocycles. The van der Waals surface area contributed by atoms with Gasteiger partial charge in [0.15, 0.2) is 0 Å². The Morgan fingerprint density at radius 3 is 2.19 bits per heavy atom. The van der Waals surface area contributed by atoms with Crippen LogP contribution in [0.3, 0.4) is 0 Å². The number of hydrogen-bond donors (Lipinski definition) is 1. The minimum absolute atomic E-state index is 0.0896. The van der Waals surface area contributed by atoms with Gasteiger partial charge in [-0.3, -0.25) is 14.5 Å². The van der Waals surface area contributed by atoms with Crippen LogP contribution in [0.4, 0.5) is 10.1 Å². The Bertz CT molecular complexity index is 1040. The normalized spacial score (nSPS) is 17.8. The van der Waals surface area contributed by atoms with Crippen molar-refractivity contribution >= 4 is 23.1 Å².